The van der Waals surface area contributed by atoms with E-state index >= 15 is 0 Å². The van der Waals surface area contributed by atoms with Gasteiger partial charge in [-0.15, -0.1) is 16.9 Å². The molecule has 6 nitrogen and oxygen atoms in total. The van der Waals surface area contributed by atoms with Crippen molar-refractivity contribution >= 4 is 41.1 Å². The molecule has 1 amide bonds. The maximum Gasteiger partial charge on any atom is 0.237 e. The zero-order valence-electron chi connectivity index (χ0n) is 12.2. The van der Waals surface area contributed by atoms with Crippen LogP contribution in [-0.4, -0.2) is 38.6 Å². The summed E-state index contributed by atoms with van der Waals surface area (Å²) in [5.74, 6) is 0.626. The van der Waals surface area contributed by atoms with Crippen LogP contribution >= 0.6 is 23.5 Å². The number of anilines is 2. The van der Waals surface area contributed by atoms with E-state index in [-0.39, 0.29) is 11.9 Å². The van der Waals surface area contributed by atoms with Crippen LogP contribution in [0.5, 0.6) is 0 Å². The van der Waals surface area contributed by atoms with Gasteiger partial charge in [0.15, 0.2) is 0 Å². The summed E-state index contributed by atoms with van der Waals surface area (Å²) in [7, 11) is 0. The summed E-state index contributed by atoms with van der Waals surface area (Å²) in [4.78, 5) is 19.6. The van der Waals surface area contributed by atoms with E-state index in [4.69, 9.17) is 5.73 Å². The summed E-state index contributed by atoms with van der Waals surface area (Å²) in [5.41, 5.74) is 6.48. The maximum atomic E-state index is 12.6. The van der Waals surface area contributed by atoms with Crippen molar-refractivity contribution in [1.29, 1.82) is 0 Å². The minimum absolute atomic E-state index is 0.0653. The Morgan fingerprint density at radius 1 is 1.55 bits per heavy atom. The number of H-pyrrole nitrogens is 1. The van der Waals surface area contributed by atoms with Crippen LogP contribution < -0.4 is 10.6 Å². The lowest BCUT2D eigenvalue weighted by Crippen LogP contribution is -2.33. The van der Waals surface area contributed by atoms with Crippen molar-refractivity contribution in [2.75, 3.05) is 22.9 Å². The Morgan fingerprint density at radius 2 is 2.36 bits per heavy atom. The predicted octanol–water partition coefficient (Wildman–Crippen LogP) is 2.40. The molecule has 1 aromatic heterocycles. The molecule has 22 heavy (non-hydrogen) atoms. The number of nitrogens with two attached hydrogens (primary N) is 1. The summed E-state index contributed by atoms with van der Waals surface area (Å²) in [6, 6.07) is 8.06. The van der Waals surface area contributed by atoms with Gasteiger partial charge in [-0.3, -0.25) is 4.79 Å². The number of rotatable bonds is 3. The van der Waals surface area contributed by atoms with Gasteiger partial charge in [-0.05, 0) is 18.6 Å². The first kappa shape index (κ1) is 15.2. The summed E-state index contributed by atoms with van der Waals surface area (Å²) in [5, 5.41) is 7.50. The second-order valence-corrected chi connectivity index (χ2v) is 7.44. The van der Waals surface area contributed by atoms with Crippen molar-refractivity contribution in [3.05, 3.63) is 24.3 Å². The van der Waals surface area contributed by atoms with Gasteiger partial charge in [-0.1, -0.05) is 30.8 Å². The quantitative estimate of drug-likeness (QED) is 0.838. The van der Waals surface area contributed by atoms with Crippen LogP contribution in [0, 0.1) is 0 Å². The molecule has 116 valence electrons. The summed E-state index contributed by atoms with van der Waals surface area (Å²) in [6.07, 6.45) is 0.976. The van der Waals surface area contributed by atoms with E-state index in [1.807, 2.05) is 34.9 Å². The average Bonchev–Trinajstić information content (AvgIpc) is 2.84. The van der Waals surface area contributed by atoms with Gasteiger partial charge in [0.2, 0.25) is 17.0 Å². The van der Waals surface area contributed by atoms with Crippen molar-refractivity contribution in [1.82, 2.24) is 15.2 Å². The van der Waals surface area contributed by atoms with Crippen LogP contribution in [0.3, 0.4) is 0 Å². The van der Waals surface area contributed by atoms with Crippen LogP contribution in [0.25, 0.3) is 0 Å². The lowest BCUT2D eigenvalue weighted by molar-refractivity contribution is -0.116. The van der Waals surface area contributed by atoms with Gasteiger partial charge in [-0.2, -0.15) is 4.98 Å². The summed E-state index contributed by atoms with van der Waals surface area (Å²) < 4.78 is 0. The van der Waals surface area contributed by atoms with E-state index in [0.29, 0.717) is 16.2 Å². The van der Waals surface area contributed by atoms with Crippen LogP contribution in [-0.2, 0) is 4.79 Å². The molecular weight excluding hydrogens is 318 g/mol. The average molecular weight is 335 g/mol. The van der Waals surface area contributed by atoms with Crippen LogP contribution in [0.4, 0.5) is 11.6 Å². The summed E-state index contributed by atoms with van der Waals surface area (Å²) >= 11 is 3.12. The highest BCUT2D eigenvalue weighted by Gasteiger charge is 2.24. The molecule has 0 aliphatic carbocycles. The van der Waals surface area contributed by atoms with Gasteiger partial charge in [0.25, 0.3) is 0 Å². The number of aromatic amines is 1. The van der Waals surface area contributed by atoms with E-state index < -0.39 is 0 Å². The number of carbonyl (C=O) groups excluding carboxylic acids is 1. The van der Waals surface area contributed by atoms with Crippen molar-refractivity contribution in [2.24, 2.45) is 0 Å². The highest BCUT2D eigenvalue weighted by Crippen LogP contribution is 2.37. The Kier molecular flexibility index (Phi) is 4.58. The fourth-order valence-corrected chi connectivity index (χ4v) is 4.07. The standard InChI is InChI=1S/C14H17N5OS2/c1-9-6-7-19(10-4-2-3-5-11(10)22-9)12(20)8-21-14-16-13(15)17-18-14/h2-5,9H,6-8H2,1H3,(H3,15,16,17,18). The van der Waals surface area contributed by atoms with Gasteiger partial charge >= 0.3 is 0 Å². The van der Waals surface area contributed by atoms with Gasteiger partial charge in [0, 0.05) is 16.7 Å². The van der Waals surface area contributed by atoms with Crippen molar-refractivity contribution in [2.45, 2.75) is 28.6 Å². The molecule has 2 aromatic rings. The number of nitrogen functional groups attached to an aromatic ring is 1. The molecule has 0 radical (unpaired) electrons. The molecule has 0 spiro atoms. The van der Waals surface area contributed by atoms with Gasteiger partial charge in [0.1, 0.15) is 0 Å². The Morgan fingerprint density at radius 3 is 3.14 bits per heavy atom. The van der Waals surface area contributed by atoms with E-state index in [2.05, 4.69) is 28.2 Å². The molecule has 1 unspecified atom stereocenters. The van der Waals surface area contributed by atoms with Crippen LogP contribution in [0.1, 0.15) is 13.3 Å². The highest BCUT2D eigenvalue weighted by atomic mass is 32.2. The molecule has 1 aromatic carbocycles. The number of nitrogens with zero attached hydrogens (tertiary/aromatic N) is 3. The molecule has 0 saturated carbocycles. The second-order valence-electron chi connectivity index (χ2n) is 5.02. The number of nitrogens with one attached hydrogen (secondary N) is 1. The summed E-state index contributed by atoms with van der Waals surface area (Å²) in [6.45, 7) is 2.93. The number of para-hydroxylation sites is 1. The minimum atomic E-state index is 0.0653. The molecule has 1 aliphatic rings. The highest BCUT2D eigenvalue weighted by molar-refractivity contribution is 8.00. The minimum Gasteiger partial charge on any atom is -0.368 e. The van der Waals surface area contributed by atoms with E-state index in [9.17, 15) is 4.79 Å². The Labute approximate surface area is 137 Å². The SMILES string of the molecule is CC1CCN(C(=O)CSc2n[nH]c(N)n2)c2ccccc2S1. The number of carbonyl (C=O) groups is 1. The first-order valence-corrected chi connectivity index (χ1v) is 8.87. The number of hydrogen-bond donors (Lipinski definition) is 2. The van der Waals surface area contributed by atoms with Gasteiger partial charge < -0.3 is 10.6 Å². The second kappa shape index (κ2) is 6.62. The van der Waals surface area contributed by atoms with Crippen LogP contribution in [0.2, 0.25) is 0 Å². The predicted molar refractivity (Wildman–Crippen MR) is 90.3 cm³/mol. The molecule has 0 saturated heterocycles. The zero-order valence-corrected chi connectivity index (χ0v) is 13.8. The zero-order chi connectivity index (χ0) is 15.5. The van der Waals surface area contributed by atoms with E-state index in [1.54, 1.807) is 0 Å². The third-order valence-corrected chi connectivity index (χ3v) is 5.42. The molecule has 1 aliphatic heterocycles. The first-order valence-electron chi connectivity index (χ1n) is 7.00. The third-order valence-electron chi connectivity index (χ3n) is 3.35. The number of hydrogen-bond acceptors (Lipinski definition) is 6. The lowest BCUT2D eigenvalue weighted by Gasteiger charge is -2.22. The first-order chi connectivity index (χ1) is 10.6. The fraction of sp³-hybridized carbons (Fsp3) is 0.357. The van der Waals surface area contributed by atoms with Crippen molar-refractivity contribution in [3.63, 3.8) is 0 Å². The molecular formula is C14H17N5OS2. The van der Waals surface area contributed by atoms with Crippen molar-refractivity contribution < 1.29 is 4.79 Å². The largest absolute Gasteiger partial charge is 0.368 e. The molecule has 0 bridgehead atoms. The molecule has 1 atom stereocenters. The smallest absolute Gasteiger partial charge is 0.237 e. The Balaban J connectivity index is 1.74. The monoisotopic (exact) mass is 335 g/mol. The number of aromatic nitrogens is 3. The Hall–Kier alpha value is -1.67. The lowest BCUT2D eigenvalue weighted by atomic mass is 10.2. The topological polar surface area (TPSA) is 87.9 Å². The van der Waals surface area contributed by atoms with Gasteiger partial charge in [-0.25, -0.2) is 5.10 Å². The molecule has 2 heterocycles. The molecule has 3 N–H and O–H groups in total. The van der Waals surface area contributed by atoms with Crippen LogP contribution in [0.15, 0.2) is 34.3 Å². The molecule has 0 fully saturated rings. The van der Waals surface area contributed by atoms with Gasteiger partial charge in [0.05, 0.1) is 11.4 Å². The maximum absolute atomic E-state index is 12.6. The van der Waals surface area contributed by atoms with Crippen molar-refractivity contribution in [3.8, 4) is 0 Å². The fourth-order valence-electron chi connectivity index (χ4n) is 2.27. The number of fused-ring (bicyclic) bond motifs is 1. The third kappa shape index (κ3) is 3.38. The number of amides is 1. The number of thioether (sulfide) groups is 2. The molecule has 3 rings (SSSR count). The normalized spacial score (nSPS) is 17.9. The van der Waals surface area contributed by atoms with E-state index in [0.717, 1.165) is 23.5 Å². The number of benzene rings is 1. The van der Waals surface area contributed by atoms with E-state index in [1.165, 1.54) is 11.8 Å². The molecule has 8 heteroatoms. The Bertz CT molecular complexity index is 675.